The van der Waals surface area contributed by atoms with Crippen molar-refractivity contribution in [2.75, 3.05) is 26.2 Å². The second-order valence-electron chi connectivity index (χ2n) is 8.01. The molecule has 4 rings (SSSR count). The Morgan fingerprint density at radius 3 is 2.13 bits per heavy atom. The summed E-state index contributed by atoms with van der Waals surface area (Å²) >= 11 is 0. The summed E-state index contributed by atoms with van der Waals surface area (Å²) in [4.78, 5) is 28.6. The Bertz CT molecular complexity index is 1130. The molecule has 3 aromatic rings. The molecule has 6 heteroatoms. The van der Waals surface area contributed by atoms with Gasteiger partial charge in [-0.1, -0.05) is 12.1 Å². The Morgan fingerprint density at radius 2 is 1.52 bits per heavy atom. The molecule has 5 nitrogen and oxygen atoms in total. The van der Waals surface area contributed by atoms with E-state index in [9.17, 15) is 14.0 Å². The maximum Gasteiger partial charge on any atom is 0.255 e. The minimum absolute atomic E-state index is 0.0347. The first-order valence-corrected chi connectivity index (χ1v) is 10.5. The van der Waals surface area contributed by atoms with Gasteiger partial charge < -0.3 is 14.4 Å². The summed E-state index contributed by atoms with van der Waals surface area (Å²) in [7, 11) is 0. The number of aromatic nitrogens is 1. The smallest absolute Gasteiger partial charge is 0.255 e. The third-order valence-corrected chi connectivity index (χ3v) is 5.89. The standard InChI is InChI=1S/C25H26FN3O2/c1-17-5-4-6-22(15-17)29-18(2)23(16-24(29)20-7-9-21(26)10-8-20)25(31)28-13-11-27(12-14-28)19(3)30/h4-10,15-16H,11-14H2,1-3H3. The van der Waals surface area contributed by atoms with Crippen molar-refractivity contribution in [1.82, 2.24) is 14.4 Å². The molecule has 1 aliphatic heterocycles. The molecule has 0 bridgehead atoms. The van der Waals surface area contributed by atoms with Crippen LogP contribution in [0.25, 0.3) is 16.9 Å². The number of carbonyl (C=O) groups is 2. The molecule has 0 unspecified atom stereocenters. The Labute approximate surface area is 181 Å². The van der Waals surface area contributed by atoms with E-state index >= 15 is 0 Å². The van der Waals surface area contributed by atoms with E-state index in [1.54, 1.807) is 28.9 Å². The number of amides is 2. The molecule has 0 radical (unpaired) electrons. The second-order valence-corrected chi connectivity index (χ2v) is 8.01. The van der Waals surface area contributed by atoms with Gasteiger partial charge in [0.25, 0.3) is 5.91 Å². The zero-order valence-corrected chi connectivity index (χ0v) is 18.1. The van der Waals surface area contributed by atoms with Crippen LogP contribution in [0.1, 0.15) is 28.5 Å². The Hall–Kier alpha value is -3.41. The number of aryl methyl sites for hydroxylation is 1. The van der Waals surface area contributed by atoms with Gasteiger partial charge in [-0.3, -0.25) is 9.59 Å². The number of hydrogen-bond acceptors (Lipinski definition) is 2. The highest BCUT2D eigenvalue weighted by molar-refractivity contribution is 5.97. The molecule has 2 heterocycles. The van der Waals surface area contributed by atoms with Crippen LogP contribution < -0.4 is 0 Å². The van der Waals surface area contributed by atoms with Gasteiger partial charge in [0.05, 0.1) is 11.3 Å². The van der Waals surface area contributed by atoms with Crippen molar-refractivity contribution in [1.29, 1.82) is 0 Å². The van der Waals surface area contributed by atoms with Gasteiger partial charge in [-0.05, 0) is 67.4 Å². The molecule has 0 aliphatic carbocycles. The topological polar surface area (TPSA) is 45.6 Å². The van der Waals surface area contributed by atoms with E-state index < -0.39 is 0 Å². The molecule has 160 valence electrons. The van der Waals surface area contributed by atoms with Crippen molar-refractivity contribution >= 4 is 11.8 Å². The summed E-state index contributed by atoms with van der Waals surface area (Å²) < 4.78 is 15.6. The first kappa shape index (κ1) is 20.8. The average Bonchev–Trinajstić information content (AvgIpc) is 3.11. The molecule has 1 fully saturated rings. The van der Waals surface area contributed by atoms with E-state index in [4.69, 9.17) is 0 Å². The number of rotatable bonds is 3. The van der Waals surface area contributed by atoms with E-state index in [2.05, 4.69) is 10.6 Å². The van der Waals surface area contributed by atoms with Gasteiger partial charge in [-0.15, -0.1) is 0 Å². The summed E-state index contributed by atoms with van der Waals surface area (Å²) in [6, 6.07) is 16.3. The summed E-state index contributed by atoms with van der Waals surface area (Å²) in [6.45, 7) is 7.64. The van der Waals surface area contributed by atoms with Crippen LogP contribution in [0.3, 0.4) is 0 Å². The molecule has 0 atom stereocenters. The SMILES string of the molecule is CC(=O)N1CCN(C(=O)c2cc(-c3ccc(F)cc3)n(-c3cccc(C)c3)c2C)CC1. The van der Waals surface area contributed by atoms with Crippen LogP contribution >= 0.6 is 0 Å². The molecule has 2 amide bonds. The van der Waals surface area contributed by atoms with Gasteiger partial charge in [0, 0.05) is 44.5 Å². The van der Waals surface area contributed by atoms with Gasteiger partial charge >= 0.3 is 0 Å². The molecule has 1 aliphatic rings. The van der Waals surface area contributed by atoms with E-state index in [0.717, 1.165) is 28.2 Å². The molecule has 0 saturated carbocycles. The maximum atomic E-state index is 13.5. The lowest BCUT2D eigenvalue weighted by molar-refractivity contribution is -0.130. The van der Waals surface area contributed by atoms with Crippen molar-refractivity contribution in [2.45, 2.75) is 20.8 Å². The van der Waals surface area contributed by atoms with Gasteiger partial charge in [-0.2, -0.15) is 0 Å². The highest BCUT2D eigenvalue weighted by Gasteiger charge is 2.27. The van der Waals surface area contributed by atoms with E-state index in [0.29, 0.717) is 31.7 Å². The number of benzene rings is 2. The number of hydrogen-bond donors (Lipinski definition) is 0. The first-order chi connectivity index (χ1) is 14.8. The molecule has 0 N–H and O–H groups in total. The highest BCUT2D eigenvalue weighted by Crippen LogP contribution is 2.31. The predicted octanol–water partition coefficient (Wildman–Crippen LogP) is 4.20. The van der Waals surface area contributed by atoms with Crippen molar-refractivity contribution in [3.05, 3.63) is 77.2 Å². The summed E-state index contributed by atoms with van der Waals surface area (Å²) in [5.74, 6) is -0.309. The van der Waals surface area contributed by atoms with Crippen molar-refractivity contribution in [3.63, 3.8) is 0 Å². The molecule has 2 aromatic carbocycles. The normalized spacial score (nSPS) is 14.1. The van der Waals surface area contributed by atoms with Crippen LogP contribution in [0.2, 0.25) is 0 Å². The van der Waals surface area contributed by atoms with Crippen LogP contribution in [-0.4, -0.2) is 52.4 Å². The van der Waals surface area contributed by atoms with E-state index in [-0.39, 0.29) is 17.6 Å². The Kier molecular flexibility index (Phi) is 5.63. The predicted molar refractivity (Wildman–Crippen MR) is 119 cm³/mol. The monoisotopic (exact) mass is 419 g/mol. The minimum atomic E-state index is -0.297. The van der Waals surface area contributed by atoms with Crippen LogP contribution in [0.5, 0.6) is 0 Å². The lowest BCUT2D eigenvalue weighted by Gasteiger charge is -2.34. The van der Waals surface area contributed by atoms with Crippen molar-refractivity contribution in [3.8, 4) is 16.9 Å². The second kappa shape index (κ2) is 8.38. The molecule has 1 aromatic heterocycles. The fourth-order valence-corrected chi connectivity index (χ4v) is 4.15. The van der Waals surface area contributed by atoms with Gasteiger partial charge in [0.15, 0.2) is 0 Å². The Balaban J connectivity index is 1.76. The third-order valence-electron chi connectivity index (χ3n) is 5.89. The van der Waals surface area contributed by atoms with E-state index in [1.807, 2.05) is 38.1 Å². The number of piperazine rings is 1. The van der Waals surface area contributed by atoms with Crippen molar-refractivity contribution in [2.24, 2.45) is 0 Å². The number of nitrogens with zero attached hydrogens (tertiary/aromatic N) is 3. The lowest BCUT2D eigenvalue weighted by Crippen LogP contribution is -2.50. The summed E-state index contributed by atoms with van der Waals surface area (Å²) in [5.41, 5.74) is 5.21. The zero-order valence-electron chi connectivity index (χ0n) is 18.1. The van der Waals surface area contributed by atoms with Crippen LogP contribution in [0.15, 0.2) is 54.6 Å². The summed E-state index contributed by atoms with van der Waals surface area (Å²) in [5, 5.41) is 0. The lowest BCUT2D eigenvalue weighted by atomic mass is 10.1. The van der Waals surface area contributed by atoms with Crippen LogP contribution in [0, 0.1) is 19.7 Å². The zero-order chi connectivity index (χ0) is 22.1. The Morgan fingerprint density at radius 1 is 0.871 bits per heavy atom. The van der Waals surface area contributed by atoms with Gasteiger partial charge in [-0.25, -0.2) is 4.39 Å². The number of carbonyl (C=O) groups excluding carboxylic acids is 2. The fourth-order valence-electron chi connectivity index (χ4n) is 4.15. The minimum Gasteiger partial charge on any atom is -0.339 e. The fraction of sp³-hybridized carbons (Fsp3) is 0.280. The van der Waals surface area contributed by atoms with Gasteiger partial charge in [0.2, 0.25) is 5.91 Å². The summed E-state index contributed by atoms with van der Waals surface area (Å²) in [6.07, 6.45) is 0. The third kappa shape index (κ3) is 4.10. The average molecular weight is 420 g/mol. The molecule has 0 spiro atoms. The molecule has 31 heavy (non-hydrogen) atoms. The van der Waals surface area contributed by atoms with Crippen molar-refractivity contribution < 1.29 is 14.0 Å². The van der Waals surface area contributed by atoms with Crippen LogP contribution in [-0.2, 0) is 4.79 Å². The first-order valence-electron chi connectivity index (χ1n) is 10.5. The largest absolute Gasteiger partial charge is 0.339 e. The highest BCUT2D eigenvalue weighted by atomic mass is 19.1. The van der Waals surface area contributed by atoms with E-state index in [1.165, 1.54) is 12.1 Å². The molecular weight excluding hydrogens is 393 g/mol. The number of halogens is 1. The van der Waals surface area contributed by atoms with Crippen LogP contribution in [0.4, 0.5) is 4.39 Å². The molecular formula is C25H26FN3O2. The quantitative estimate of drug-likeness (QED) is 0.639. The molecule has 1 saturated heterocycles. The van der Waals surface area contributed by atoms with Gasteiger partial charge in [0.1, 0.15) is 5.82 Å². The maximum absolute atomic E-state index is 13.5.